The van der Waals surface area contributed by atoms with E-state index < -0.39 is 47.9 Å². The maximum Gasteiger partial charge on any atom is 0.306 e. The summed E-state index contributed by atoms with van der Waals surface area (Å²) in [6, 6.07) is 7.94. The molecule has 7 atom stereocenters. The van der Waals surface area contributed by atoms with Gasteiger partial charge in [-0.25, -0.2) is 4.98 Å². The largest absolute Gasteiger partial charge is 0.481 e. The second-order valence-corrected chi connectivity index (χ2v) is 17.3. The van der Waals surface area contributed by atoms with E-state index in [0.717, 1.165) is 42.7 Å². The summed E-state index contributed by atoms with van der Waals surface area (Å²) in [7, 11) is 1.95. The van der Waals surface area contributed by atoms with Crippen LogP contribution in [0.2, 0.25) is 0 Å². The molecule has 0 bridgehead atoms. The Bertz CT molecular complexity index is 1650. The topological polar surface area (TPSA) is 175 Å². The Morgan fingerprint density at radius 1 is 1.00 bits per heavy atom. The van der Waals surface area contributed by atoms with Crippen LogP contribution in [0.3, 0.4) is 0 Å². The van der Waals surface area contributed by atoms with Crippen LogP contribution in [0.15, 0.2) is 35.7 Å². The second kappa shape index (κ2) is 22.7. The number of ether oxygens (including phenoxy) is 1. The number of benzene rings is 1. The average Bonchev–Trinajstić information content (AvgIpc) is 3.65. The van der Waals surface area contributed by atoms with Gasteiger partial charge in [0.15, 0.2) is 11.9 Å². The van der Waals surface area contributed by atoms with Crippen LogP contribution in [0.25, 0.3) is 0 Å². The van der Waals surface area contributed by atoms with Crippen molar-refractivity contribution >= 4 is 46.8 Å². The molecule has 0 unspecified atom stereocenters. The number of carboxylic acid groups (broad SMARTS) is 1. The lowest BCUT2D eigenvalue weighted by Gasteiger charge is -2.39. The van der Waals surface area contributed by atoms with Crippen molar-refractivity contribution in [3.05, 3.63) is 52.0 Å². The average molecular weight is 812 g/mol. The van der Waals surface area contributed by atoms with Gasteiger partial charge in [-0.15, -0.1) is 11.3 Å². The molecule has 14 heteroatoms. The normalized spacial score (nSPS) is 17.8. The lowest BCUT2D eigenvalue weighted by molar-refractivity contribution is -0.152. The number of carboxylic acids is 1. The van der Waals surface area contributed by atoms with Gasteiger partial charge in [0.05, 0.1) is 18.5 Å². The minimum absolute atomic E-state index is 0.0262. The van der Waals surface area contributed by atoms with E-state index in [-0.39, 0.29) is 73.0 Å². The van der Waals surface area contributed by atoms with Gasteiger partial charge >= 0.3 is 11.9 Å². The summed E-state index contributed by atoms with van der Waals surface area (Å²) in [4.78, 5) is 88.3. The molecule has 2 heterocycles. The summed E-state index contributed by atoms with van der Waals surface area (Å²) >= 11 is 1.14. The first-order valence-corrected chi connectivity index (χ1v) is 21.3. The molecule has 0 saturated carbocycles. The van der Waals surface area contributed by atoms with E-state index in [9.17, 15) is 33.9 Å². The number of esters is 1. The number of carbonyl (C=O) groups excluding carboxylic acids is 5. The number of hydrogen-bond donors (Lipinski definition) is 3. The molecule has 0 aliphatic carbocycles. The zero-order valence-corrected chi connectivity index (χ0v) is 36.1. The number of nitrogens with zero attached hydrogens (tertiary/aromatic N) is 3. The molecule has 1 aliphatic rings. The van der Waals surface area contributed by atoms with Gasteiger partial charge in [0.25, 0.3) is 5.91 Å². The highest BCUT2D eigenvalue weighted by Crippen LogP contribution is 2.33. The lowest BCUT2D eigenvalue weighted by atomic mass is 9.82. The number of thiazole rings is 1. The number of carbonyl (C=O) groups is 6. The van der Waals surface area contributed by atoms with Crippen molar-refractivity contribution in [3.63, 3.8) is 0 Å². The van der Waals surface area contributed by atoms with Crippen LogP contribution >= 0.6 is 11.3 Å². The SMILES string of the molecule is CC[C@H](C)[C@H](CC(=O)[C@H]1CCCCN1C)C(=O)N(CC(=O)NC(C)C)[C@H](C[C@@H](OC(C)=O)c1nc(C(=O)N[C@@H](Cc2ccccc2)C[C@H](C)C(=O)O)cs1)C(C)C. The van der Waals surface area contributed by atoms with Gasteiger partial charge in [0.1, 0.15) is 10.7 Å². The molecule has 1 saturated heterocycles. The third-order valence-electron chi connectivity index (χ3n) is 10.9. The van der Waals surface area contributed by atoms with Crippen molar-refractivity contribution < 1.29 is 38.6 Å². The predicted molar refractivity (Wildman–Crippen MR) is 221 cm³/mol. The Labute approximate surface area is 342 Å². The molecule has 3 N–H and O–H groups in total. The maximum absolute atomic E-state index is 14.9. The van der Waals surface area contributed by atoms with E-state index in [1.807, 2.05) is 78.9 Å². The quantitative estimate of drug-likeness (QED) is 0.118. The predicted octanol–water partition coefficient (Wildman–Crippen LogP) is 6.07. The van der Waals surface area contributed by atoms with Crippen LogP contribution in [-0.2, 0) is 35.1 Å². The summed E-state index contributed by atoms with van der Waals surface area (Å²) < 4.78 is 5.85. The highest BCUT2D eigenvalue weighted by molar-refractivity contribution is 7.09. The van der Waals surface area contributed by atoms with Gasteiger partial charge in [0, 0.05) is 49.2 Å². The fourth-order valence-electron chi connectivity index (χ4n) is 7.54. The minimum atomic E-state index is -0.963. The molecule has 1 aromatic carbocycles. The molecule has 2 aromatic rings. The van der Waals surface area contributed by atoms with Gasteiger partial charge in [-0.05, 0) is 70.5 Å². The molecule has 3 rings (SSSR count). The fourth-order valence-corrected chi connectivity index (χ4v) is 8.38. The molecule has 316 valence electrons. The summed E-state index contributed by atoms with van der Waals surface area (Å²) in [5.41, 5.74) is 1.03. The molecule has 0 radical (unpaired) electrons. The highest BCUT2D eigenvalue weighted by Gasteiger charge is 2.40. The van der Waals surface area contributed by atoms with Crippen LogP contribution in [0.4, 0.5) is 0 Å². The third-order valence-corrected chi connectivity index (χ3v) is 11.9. The number of rotatable bonds is 22. The second-order valence-electron chi connectivity index (χ2n) is 16.4. The first kappa shape index (κ1) is 47.2. The van der Waals surface area contributed by atoms with Gasteiger partial charge in [-0.3, -0.25) is 33.7 Å². The molecule has 1 aromatic heterocycles. The summed E-state index contributed by atoms with van der Waals surface area (Å²) in [5.74, 6) is -4.38. The highest BCUT2D eigenvalue weighted by atomic mass is 32.1. The number of likely N-dealkylation sites (N-methyl/N-ethyl adjacent to an activating group) is 1. The van der Waals surface area contributed by atoms with Crippen LogP contribution in [0, 0.1) is 23.7 Å². The van der Waals surface area contributed by atoms with E-state index in [1.54, 1.807) is 17.2 Å². The van der Waals surface area contributed by atoms with Gasteiger partial charge in [0.2, 0.25) is 11.8 Å². The molecular formula is C43H65N5O8S. The van der Waals surface area contributed by atoms with Gasteiger partial charge in [-0.1, -0.05) is 77.8 Å². The summed E-state index contributed by atoms with van der Waals surface area (Å²) in [6.07, 6.45) is 3.19. The Hall–Kier alpha value is -4.17. The number of ketones is 1. The Morgan fingerprint density at radius 3 is 2.26 bits per heavy atom. The zero-order valence-electron chi connectivity index (χ0n) is 35.3. The monoisotopic (exact) mass is 811 g/mol. The molecular weight excluding hydrogens is 747 g/mol. The minimum Gasteiger partial charge on any atom is -0.481 e. The van der Waals surface area contributed by atoms with Gasteiger partial charge < -0.3 is 25.4 Å². The number of likely N-dealkylation sites (tertiary alicyclic amines) is 1. The molecule has 0 spiro atoms. The standard InChI is InChI=1S/C43H65N5O8S/c1-10-28(6)33(22-37(50)35-18-14-15-19-47(35)9)42(53)48(24-39(51)44-27(4)5)36(26(2)3)23-38(56-30(8)49)41-46-34(25-57-41)40(52)45-32(20-29(7)43(54)55)21-31-16-12-11-13-17-31/h11-13,16-17,25-29,32-33,35-36,38H,10,14-15,18-24H2,1-9H3,(H,44,51)(H,45,52)(H,54,55)/t28-,29-,32+,33-,35+,36+,38+/m0/s1. The molecule has 1 aliphatic heterocycles. The number of amides is 3. The number of Topliss-reactive ketones (excluding diaryl/α,β-unsaturated/α-hetero) is 1. The Kier molecular flexibility index (Phi) is 18.8. The van der Waals surface area contributed by atoms with Crippen molar-refractivity contribution in [1.29, 1.82) is 0 Å². The van der Waals surface area contributed by atoms with Crippen LogP contribution in [-0.4, -0.2) is 99.6 Å². The van der Waals surface area contributed by atoms with Crippen LogP contribution in [0.1, 0.15) is 127 Å². The van der Waals surface area contributed by atoms with Crippen molar-refractivity contribution in [2.75, 3.05) is 20.1 Å². The molecule has 3 amide bonds. The Morgan fingerprint density at radius 2 is 1.68 bits per heavy atom. The van der Waals surface area contributed by atoms with E-state index in [1.165, 1.54) is 6.92 Å². The fraction of sp³-hybridized carbons (Fsp3) is 0.651. The first-order valence-electron chi connectivity index (χ1n) is 20.4. The van der Waals surface area contributed by atoms with Crippen molar-refractivity contribution in [3.8, 4) is 0 Å². The van der Waals surface area contributed by atoms with Crippen molar-refractivity contribution in [2.45, 2.75) is 137 Å². The van der Waals surface area contributed by atoms with E-state index >= 15 is 0 Å². The number of aliphatic carboxylic acids is 1. The van der Waals surface area contributed by atoms with Crippen LogP contribution in [0.5, 0.6) is 0 Å². The summed E-state index contributed by atoms with van der Waals surface area (Å²) in [6.45, 7) is 15.0. The van der Waals surface area contributed by atoms with E-state index in [2.05, 4.69) is 20.5 Å². The lowest BCUT2D eigenvalue weighted by Crippen LogP contribution is -2.53. The van der Waals surface area contributed by atoms with E-state index in [4.69, 9.17) is 4.74 Å². The van der Waals surface area contributed by atoms with Crippen molar-refractivity contribution in [1.82, 2.24) is 25.4 Å². The molecule has 1 fully saturated rings. The Balaban J connectivity index is 1.96. The van der Waals surface area contributed by atoms with Crippen LogP contribution < -0.4 is 10.6 Å². The molecule has 13 nitrogen and oxygen atoms in total. The number of nitrogens with one attached hydrogen (secondary N) is 2. The number of piperidine rings is 1. The van der Waals surface area contributed by atoms with Crippen molar-refractivity contribution in [2.24, 2.45) is 23.7 Å². The maximum atomic E-state index is 14.9. The third kappa shape index (κ3) is 14.6. The first-order chi connectivity index (χ1) is 26.9. The summed E-state index contributed by atoms with van der Waals surface area (Å²) in [5, 5.41) is 17.4. The smallest absolute Gasteiger partial charge is 0.306 e. The molecule has 57 heavy (non-hydrogen) atoms. The van der Waals surface area contributed by atoms with E-state index in [0.29, 0.717) is 17.8 Å². The number of hydrogen-bond acceptors (Lipinski definition) is 10. The zero-order chi connectivity index (χ0) is 42.4. The number of aromatic nitrogens is 1. The van der Waals surface area contributed by atoms with Gasteiger partial charge in [-0.2, -0.15) is 0 Å².